The van der Waals surface area contributed by atoms with Crippen molar-refractivity contribution in [1.82, 2.24) is 15.2 Å². The SMILES string of the molecule is CC(C(=O)NCc1cccs1)N(C)CC(=O)Nc1ccc(Br)cn1. The number of carbonyl (C=O) groups is 2. The van der Waals surface area contributed by atoms with Gasteiger partial charge >= 0.3 is 0 Å². The lowest BCUT2D eigenvalue weighted by molar-refractivity contribution is -0.126. The molecule has 0 saturated heterocycles. The van der Waals surface area contributed by atoms with Crippen LogP contribution in [-0.4, -0.2) is 41.3 Å². The van der Waals surface area contributed by atoms with Crippen LogP contribution in [0.5, 0.6) is 0 Å². The highest BCUT2D eigenvalue weighted by molar-refractivity contribution is 9.10. The number of hydrogen-bond acceptors (Lipinski definition) is 5. The maximum absolute atomic E-state index is 12.2. The molecular formula is C16H19BrN4O2S. The average Bonchev–Trinajstić information content (AvgIpc) is 3.07. The molecule has 0 aliphatic heterocycles. The van der Waals surface area contributed by atoms with Gasteiger partial charge in [0.1, 0.15) is 5.82 Å². The van der Waals surface area contributed by atoms with Gasteiger partial charge in [0.25, 0.3) is 0 Å². The molecule has 2 rings (SSSR count). The van der Waals surface area contributed by atoms with Crippen molar-refractivity contribution in [3.05, 3.63) is 45.2 Å². The summed E-state index contributed by atoms with van der Waals surface area (Å²) in [5.41, 5.74) is 0. The van der Waals surface area contributed by atoms with Crippen LogP contribution in [0.4, 0.5) is 5.82 Å². The zero-order valence-corrected chi connectivity index (χ0v) is 15.9. The molecule has 2 aromatic rings. The molecule has 0 aliphatic carbocycles. The number of anilines is 1. The normalized spacial score (nSPS) is 12.0. The van der Waals surface area contributed by atoms with E-state index < -0.39 is 6.04 Å². The number of nitrogens with zero attached hydrogens (tertiary/aromatic N) is 2. The van der Waals surface area contributed by atoms with Crippen LogP contribution in [0.15, 0.2) is 40.3 Å². The number of hydrogen-bond donors (Lipinski definition) is 2. The van der Waals surface area contributed by atoms with Gasteiger partial charge in [-0.15, -0.1) is 11.3 Å². The van der Waals surface area contributed by atoms with Gasteiger partial charge in [-0.25, -0.2) is 4.98 Å². The number of nitrogens with one attached hydrogen (secondary N) is 2. The average molecular weight is 411 g/mol. The van der Waals surface area contributed by atoms with E-state index in [1.807, 2.05) is 17.5 Å². The number of carbonyl (C=O) groups excluding carboxylic acids is 2. The van der Waals surface area contributed by atoms with Gasteiger partial charge in [-0.3, -0.25) is 14.5 Å². The number of pyridine rings is 1. The van der Waals surface area contributed by atoms with E-state index in [0.717, 1.165) is 9.35 Å². The Morgan fingerprint density at radius 3 is 2.79 bits per heavy atom. The topological polar surface area (TPSA) is 74.3 Å². The lowest BCUT2D eigenvalue weighted by Crippen LogP contribution is -2.45. The van der Waals surface area contributed by atoms with Crippen LogP contribution < -0.4 is 10.6 Å². The quantitative estimate of drug-likeness (QED) is 0.734. The maximum atomic E-state index is 12.2. The number of halogens is 1. The van der Waals surface area contributed by atoms with E-state index in [9.17, 15) is 9.59 Å². The van der Waals surface area contributed by atoms with E-state index >= 15 is 0 Å². The maximum Gasteiger partial charge on any atom is 0.239 e. The highest BCUT2D eigenvalue weighted by Gasteiger charge is 2.20. The van der Waals surface area contributed by atoms with Gasteiger partial charge in [-0.2, -0.15) is 0 Å². The fraction of sp³-hybridized carbons (Fsp3) is 0.312. The summed E-state index contributed by atoms with van der Waals surface area (Å²) in [6.07, 6.45) is 1.61. The molecule has 6 nitrogen and oxygen atoms in total. The summed E-state index contributed by atoms with van der Waals surface area (Å²) in [6.45, 7) is 2.38. The van der Waals surface area contributed by atoms with Crippen molar-refractivity contribution >= 4 is 44.9 Å². The Labute approximate surface area is 153 Å². The lowest BCUT2D eigenvalue weighted by atomic mass is 10.2. The smallest absolute Gasteiger partial charge is 0.239 e. The largest absolute Gasteiger partial charge is 0.350 e. The molecule has 0 aliphatic rings. The van der Waals surface area contributed by atoms with E-state index in [1.54, 1.807) is 48.5 Å². The van der Waals surface area contributed by atoms with Crippen LogP contribution >= 0.6 is 27.3 Å². The second kappa shape index (κ2) is 8.91. The summed E-state index contributed by atoms with van der Waals surface area (Å²) < 4.78 is 0.841. The minimum absolute atomic E-state index is 0.103. The second-order valence-electron chi connectivity index (χ2n) is 5.30. The zero-order chi connectivity index (χ0) is 17.5. The Morgan fingerprint density at radius 1 is 1.38 bits per heavy atom. The summed E-state index contributed by atoms with van der Waals surface area (Å²) in [4.78, 5) is 31.1. The number of thiophene rings is 1. The van der Waals surface area contributed by atoms with E-state index in [2.05, 4.69) is 31.5 Å². The van der Waals surface area contributed by atoms with Crippen LogP contribution in [0.3, 0.4) is 0 Å². The summed E-state index contributed by atoms with van der Waals surface area (Å²) >= 11 is 4.88. The molecule has 0 fully saturated rings. The molecule has 0 radical (unpaired) electrons. The Balaban J connectivity index is 1.79. The third kappa shape index (κ3) is 5.70. The number of rotatable bonds is 7. The summed E-state index contributed by atoms with van der Waals surface area (Å²) in [6, 6.07) is 7.01. The van der Waals surface area contributed by atoms with E-state index in [0.29, 0.717) is 12.4 Å². The fourth-order valence-electron chi connectivity index (χ4n) is 1.93. The summed E-state index contributed by atoms with van der Waals surface area (Å²) in [5.74, 6) is 0.150. The Bertz CT molecular complexity index is 676. The zero-order valence-electron chi connectivity index (χ0n) is 13.5. The molecule has 128 valence electrons. The molecule has 1 unspecified atom stereocenters. The van der Waals surface area contributed by atoms with Crippen molar-refractivity contribution in [3.63, 3.8) is 0 Å². The van der Waals surface area contributed by atoms with Crippen LogP contribution in [0.25, 0.3) is 0 Å². The van der Waals surface area contributed by atoms with E-state index in [-0.39, 0.29) is 18.4 Å². The van der Waals surface area contributed by atoms with Gasteiger partial charge in [-0.1, -0.05) is 6.07 Å². The van der Waals surface area contributed by atoms with Crippen molar-refractivity contribution in [2.24, 2.45) is 0 Å². The van der Waals surface area contributed by atoms with Crippen molar-refractivity contribution in [2.45, 2.75) is 19.5 Å². The molecule has 24 heavy (non-hydrogen) atoms. The Hall–Kier alpha value is -1.77. The van der Waals surface area contributed by atoms with Crippen molar-refractivity contribution in [1.29, 1.82) is 0 Å². The molecule has 0 aromatic carbocycles. The van der Waals surface area contributed by atoms with Gasteiger partial charge in [0.15, 0.2) is 0 Å². The first-order chi connectivity index (χ1) is 11.5. The van der Waals surface area contributed by atoms with Crippen molar-refractivity contribution in [3.8, 4) is 0 Å². The van der Waals surface area contributed by atoms with Crippen LogP contribution in [0, 0.1) is 0 Å². The Morgan fingerprint density at radius 2 is 2.17 bits per heavy atom. The monoisotopic (exact) mass is 410 g/mol. The summed E-state index contributed by atoms with van der Waals surface area (Å²) in [5, 5.41) is 7.55. The molecule has 2 amide bonds. The standard InChI is InChI=1S/C16H19BrN4O2S/c1-11(16(23)19-9-13-4-3-7-24-13)21(2)10-15(22)20-14-6-5-12(17)8-18-14/h3-8,11H,9-10H2,1-2H3,(H,19,23)(H,18,20,22). The molecule has 0 spiro atoms. The van der Waals surface area contributed by atoms with Gasteiger partial charge in [0, 0.05) is 15.5 Å². The molecule has 2 aromatic heterocycles. The molecule has 0 saturated carbocycles. The number of amides is 2. The third-order valence-electron chi connectivity index (χ3n) is 3.45. The van der Waals surface area contributed by atoms with Crippen molar-refractivity contribution in [2.75, 3.05) is 18.9 Å². The molecule has 8 heteroatoms. The molecule has 1 atom stereocenters. The first-order valence-electron chi connectivity index (χ1n) is 7.37. The van der Waals surface area contributed by atoms with Crippen molar-refractivity contribution < 1.29 is 9.59 Å². The van der Waals surface area contributed by atoms with Gasteiger partial charge in [0.2, 0.25) is 11.8 Å². The predicted octanol–water partition coefficient (Wildman–Crippen LogP) is 2.48. The minimum Gasteiger partial charge on any atom is -0.350 e. The van der Waals surface area contributed by atoms with Crippen LogP contribution in [-0.2, 0) is 16.1 Å². The molecule has 2 N–H and O–H groups in total. The van der Waals surface area contributed by atoms with Crippen LogP contribution in [0.1, 0.15) is 11.8 Å². The molecule has 2 heterocycles. The Kier molecular flexibility index (Phi) is 6.89. The number of likely N-dealkylation sites (N-methyl/N-ethyl adjacent to an activating group) is 1. The minimum atomic E-state index is -0.409. The van der Waals surface area contributed by atoms with Gasteiger partial charge < -0.3 is 10.6 Å². The van der Waals surface area contributed by atoms with E-state index in [1.165, 1.54) is 0 Å². The molecular weight excluding hydrogens is 392 g/mol. The first-order valence-corrected chi connectivity index (χ1v) is 9.04. The van der Waals surface area contributed by atoms with Crippen LogP contribution in [0.2, 0.25) is 0 Å². The second-order valence-corrected chi connectivity index (χ2v) is 7.25. The fourth-order valence-corrected chi connectivity index (χ4v) is 2.81. The first kappa shape index (κ1) is 18.6. The summed E-state index contributed by atoms with van der Waals surface area (Å²) in [7, 11) is 1.74. The molecule has 0 bridgehead atoms. The number of aromatic nitrogens is 1. The van der Waals surface area contributed by atoms with Gasteiger partial charge in [-0.05, 0) is 53.5 Å². The highest BCUT2D eigenvalue weighted by Crippen LogP contribution is 2.11. The third-order valence-corrected chi connectivity index (χ3v) is 4.79. The van der Waals surface area contributed by atoms with E-state index in [4.69, 9.17) is 0 Å². The lowest BCUT2D eigenvalue weighted by Gasteiger charge is -2.23. The predicted molar refractivity (Wildman–Crippen MR) is 98.8 cm³/mol. The van der Waals surface area contributed by atoms with Gasteiger partial charge in [0.05, 0.1) is 19.1 Å². The highest BCUT2D eigenvalue weighted by atomic mass is 79.9.